The van der Waals surface area contributed by atoms with Gasteiger partial charge in [0.1, 0.15) is 0 Å². The summed E-state index contributed by atoms with van der Waals surface area (Å²) < 4.78 is 7.56. The molecule has 5 nitrogen and oxygen atoms in total. The zero-order valence-electron chi connectivity index (χ0n) is 12.8. The zero-order valence-corrected chi connectivity index (χ0v) is 12.8. The fraction of sp³-hybridized carbons (Fsp3) is 0.529. The molecular weight excluding hydrogens is 278 g/mol. The fourth-order valence-corrected chi connectivity index (χ4v) is 2.44. The molecule has 5 heteroatoms. The summed E-state index contributed by atoms with van der Waals surface area (Å²) in [6.07, 6.45) is 5.79. The standard InChI is InChI=1S/C17H23N3O2/c21-17(18-9-3-11-22-12-14-6-7-14)8-10-20-13-19-15-4-1-2-5-16(15)20/h1-2,4-5,13-14H,3,6-12H2,(H,18,21). The molecule has 118 valence electrons. The van der Waals surface area contributed by atoms with E-state index in [1.807, 2.05) is 28.8 Å². The van der Waals surface area contributed by atoms with E-state index in [1.54, 1.807) is 6.33 Å². The van der Waals surface area contributed by atoms with Gasteiger partial charge in [0.2, 0.25) is 5.91 Å². The summed E-state index contributed by atoms with van der Waals surface area (Å²) in [7, 11) is 0. The second kappa shape index (κ2) is 7.40. The van der Waals surface area contributed by atoms with E-state index in [0.29, 0.717) is 19.5 Å². The van der Waals surface area contributed by atoms with E-state index in [0.717, 1.165) is 36.6 Å². The van der Waals surface area contributed by atoms with Crippen LogP contribution >= 0.6 is 0 Å². The van der Waals surface area contributed by atoms with Crippen LogP contribution in [0.15, 0.2) is 30.6 Å². The number of para-hydroxylation sites is 2. The summed E-state index contributed by atoms with van der Waals surface area (Å²) in [6.45, 7) is 2.98. The average molecular weight is 301 g/mol. The van der Waals surface area contributed by atoms with Crippen LogP contribution in [0.5, 0.6) is 0 Å². The molecule has 22 heavy (non-hydrogen) atoms. The van der Waals surface area contributed by atoms with Gasteiger partial charge in [-0.1, -0.05) is 12.1 Å². The summed E-state index contributed by atoms with van der Waals surface area (Å²) in [5.41, 5.74) is 2.04. The number of carbonyl (C=O) groups is 1. The molecule has 0 radical (unpaired) electrons. The van der Waals surface area contributed by atoms with Crippen LogP contribution in [-0.2, 0) is 16.1 Å². The highest BCUT2D eigenvalue weighted by molar-refractivity contribution is 5.77. The lowest BCUT2D eigenvalue weighted by molar-refractivity contribution is -0.121. The molecule has 0 atom stereocenters. The molecule has 0 bridgehead atoms. The van der Waals surface area contributed by atoms with Crippen LogP contribution in [0, 0.1) is 5.92 Å². The van der Waals surface area contributed by atoms with Gasteiger partial charge in [0.25, 0.3) is 0 Å². The molecule has 1 saturated carbocycles. The highest BCUT2D eigenvalue weighted by Crippen LogP contribution is 2.28. The smallest absolute Gasteiger partial charge is 0.221 e. The predicted molar refractivity (Wildman–Crippen MR) is 85.5 cm³/mol. The van der Waals surface area contributed by atoms with Crippen molar-refractivity contribution in [2.45, 2.75) is 32.2 Å². The van der Waals surface area contributed by atoms with Gasteiger partial charge >= 0.3 is 0 Å². The van der Waals surface area contributed by atoms with Gasteiger partial charge in [0.05, 0.1) is 17.4 Å². The lowest BCUT2D eigenvalue weighted by Crippen LogP contribution is -2.26. The highest BCUT2D eigenvalue weighted by Gasteiger charge is 2.20. The molecular formula is C17H23N3O2. The molecule has 1 aromatic heterocycles. The van der Waals surface area contributed by atoms with Crippen LogP contribution in [0.2, 0.25) is 0 Å². The SMILES string of the molecule is O=C(CCn1cnc2ccccc21)NCCCOCC1CC1. The molecule has 0 unspecified atom stereocenters. The van der Waals surface area contributed by atoms with Crippen LogP contribution in [0.1, 0.15) is 25.7 Å². The third kappa shape index (κ3) is 4.31. The first-order valence-corrected chi connectivity index (χ1v) is 8.07. The van der Waals surface area contributed by atoms with Crippen molar-refractivity contribution < 1.29 is 9.53 Å². The van der Waals surface area contributed by atoms with Gasteiger partial charge in [-0.2, -0.15) is 0 Å². The Morgan fingerprint density at radius 2 is 2.23 bits per heavy atom. The molecule has 2 aromatic rings. The summed E-state index contributed by atoms with van der Waals surface area (Å²) in [5.74, 6) is 0.888. The van der Waals surface area contributed by atoms with Gasteiger partial charge in [-0.25, -0.2) is 4.98 Å². The molecule has 0 aliphatic heterocycles. The van der Waals surface area contributed by atoms with Gasteiger partial charge in [0.15, 0.2) is 0 Å². The van der Waals surface area contributed by atoms with E-state index in [2.05, 4.69) is 10.3 Å². The van der Waals surface area contributed by atoms with Crippen molar-refractivity contribution in [1.82, 2.24) is 14.9 Å². The molecule has 1 aromatic carbocycles. The third-order valence-corrected chi connectivity index (χ3v) is 3.95. The maximum absolute atomic E-state index is 11.8. The number of aryl methyl sites for hydroxylation is 1. The second-order valence-corrected chi connectivity index (χ2v) is 5.90. The van der Waals surface area contributed by atoms with Crippen molar-refractivity contribution in [3.05, 3.63) is 30.6 Å². The number of carbonyl (C=O) groups excluding carboxylic acids is 1. The second-order valence-electron chi connectivity index (χ2n) is 5.90. The molecule has 0 spiro atoms. The molecule has 1 amide bonds. The van der Waals surface area contributed by atoms with Gasteiger partial charge in [-0.3, -0.25) is 4.79 Å². The number of imidazole rings is 1. The molecule has 3 rings (SSSR count). The molecule has 1 aliphatic rings. The van der Waals surface area contributed by atoms with Crippen LogP contribution < -0.4 is 5.32 Å². The molecule has 1 aliphatic carbocycles. The zero-order chi connectivity index (χ0) is 15.2. The predicted octanol–water partition coefficient (Wildman–Crippen LogP) is 2.36. The molecule has 1 fully saturated rings. The highest BCUT2D eigenvalue weighted by atomic mass is 16.5. The van der Waals surface area contributed by atoms with Gasteiger partial charge in [0, 0.05) is 32.7 Å². The van der Waals surface area contributed by atoms with E-state index in [1.165, 1.54) is 12.8 Å². The fourth-order valence-electron chi connectivity index (χ4n) is 2.44. The van der Waals surface area contributed by atoms with Crippen molar-refractivity contribution in [3.63, 3.8) is 0 Å². The lowest BCUT2D eigenvalue weighted by Gasteiger charge is -2.07. The Hall–Kier alpha value is -1.88. The van der Waals surface area contributed by atoms with Crippen LogP contribution in [0.4, 0.5) is 0 Å². The summed E-state index contributed by atoms with van der Waals surface area (Å²) in [6, 6.07) is 7.96. The van der Waals surface area contributed by atoms with Crippen molar-refractivity contribution in [2.75, 3.05) is 19.8 Å². The number of amides is 1. The normalized spacial score (nSPS) is 14.4. The number of nitrogens with one attached hydrogen (secondary N) is 1. The van der Waals surface area contributed by atoms with E-state index in [4.69, 9.17) is 4.74 Å². The van der Waals surface area contributed by atoms with E-state index >= 15 is 0 Å². The third-order valence-electron chi connectivity index (χ3n) is 3.95. The summed E-state index contributed by atoms with van der Waals surface area (Å²) >= 11 is 0. The number of ether oxygens (including phenoxy) is 1. The first-order valence-electron chi connectivity index (χ1n) is 8.07. The number of hydrogen-bond acceptors (Lipinski definition) is 3. The largest absolute Gasteiger partial charge is 0.381 e. The quantitative estimate of drug-likeness (QED) is 0.723. The Bertz CT molecular complexity index is 619. The van der Waals surface area contributed by atoms with Crippen LogP contribution in [0.3, 0.4) is 0 Å². The molecule has 0 saturated heterocycles. The number of rotatable bonds is 9. The van der Waals surface area contributed by atoms with Crippen molar-refractivity contribution in [1.29, 1.82) is 0 Å². The number of nitrogens with zero attached hydrogens (tertiary/aromatic N) is 2. The Balaban J connectivity index is 1.31. The maximum Gasteiger partial charge on any atom is 0.221 e. The Kier molecular flexibility index (Phi) is 5.06. The van der Waals surface area contributed by atoms with E-state index < -0.39 is 0 Å². The van der Waals surface area contributed by atoms with Crippen molar-refractivity contribution in [3.8, 4) is 0 Å². The summed E-state index contributed by atoms with van der Waals surface area (Å²) in [5, 5.41) is 2.94. The van der Waals surface area contributed by atoms with Crippen molar-refractivity contribution >= 4 is 16.9 Å². The van der Waals surface area contributed by atoms with Gasteiger partial charge < -0.3 is 14.6 Å². The Morgan fingerprint density at radius 3 is 3.09 bits per heavy atom. The van der Waals surface area contributed by atoms with Crippen LogP contribution in [-0.4, -0.2) is 35.2 Å². The topological polar surface area (TPSA) is 56.2 Å². The van der Waals surface area contributed by atoms with Crippen LogP contribution in [0.25, 0.3) is 11.0 Å². The van der Waals surface area contributed by atoms with E-state index in [9.17, 15) is 4.79 Å². The molecule has 1 heterocycles. The molecule has 1 N–H and O–H groups in total. The number of benzene rings is 1. The minimum atomic E-state index is 0.0833. The van der Waals surface area contributed by atoms with Gasteiger partial charge in [-0.05, 0) is 37.3 Å². The minimum absolute atomic E-state index is 0.0833. The Morgan fingerprint density at radius 1 is 1.36 bits per heavy atom. The van der Waals surface area contributed by atoms with Gasteiger partial charge in [-0.15, -0.1) is 0 Å². The lowest BCUT2D eigenvalue weighted by atomic mass is 10.3. The number of hydrogen-bond donors (Lipinski definition) is 1. The maximum atomic E-state index is 11.8. The first-order chi connectivity index (χ1) is 10.8. The number of fused-ring (bicyclic) bond motifs is 1. The monoisotopic (exact) mass is 301 g/mol. The van der Waals surface area contributed by atoms with Crippen molar-refractivity contribution in [2.24, 2.45) is 5.92 Å². The average Bonchev–Trinajstić information content (AvgIpc) is 3.27. The first kappa shape index (κ1) is 15.0. The summed E-state index contributed by atoms with van der Waals surface area (Å²) in [4.78, 5) is 16.2. The van der Waals surface area contributed by atoms with E-state index in [-0.39, 0.29) is 5.91 Å². The number of aromatic nitrogens is 2. The Labute approximate surface area is 130 Å². The minimum Gasteiger partial charge on any atom is -0.381 e.